The van der Waals surface area contributed by atoms with Crippen LogP contribution in [-0.2, 0) is 5.41 Å². The zero-order valence-corrected chi connectivity index (χ0v) is 14.8. The summed E-state index contributed by atoms with van der Waals surface area (Å²) in [6.45, 7) is 10.8. The number of amides is 1. The fourth-order valence-corrected chi connectivity index (χ4v) is 2.07. The molecule has 1 aromatic heterocycles. The van der Waals surface area contributed by atoms with Gasteiger partial charge in [0.05, 0.1) is 13.2 Å². The summed E-state index contributed by atoms with van der Waals surface area (Å²) >= 11 is 0. The molecule has 0 radical (unpaired) electrons. The van der Waals surface area contributed by atoms with E-state index in [-0.39, 0.29) is 11.3 Å². The third kappa shape index (κ3) is 4.28. The second kappa shape index (κ2) is 7.38. The van der Waals surface area contributed by atoms with E-state index in [0.29, 0.717) is 41.9 Å². The van der Waals surface area contributed by atoms with Gasteiger partial charge in [-0.15, -0.1) is 0 Å². The van der Waals surface area contributed by atoms with E-state index in [1.807, 2.05) is 34.6 Å². The van der Waals surface area contributed by atoms with Crippen molar-refractivity contribution in [3.63, 3.8) is 0 Å². The van der Waals surface area contributed by atoms with E-state index in [1.165, 1.54) is 0 Å². The maximum atomic E-state index is 12.4. The van der Waals surface area contributed by atoms with Crippen molar-refractivity contribution in [3.8, 4) is 11.5 Å². The maximum absolute atomic E-state index is 12.4. The molecule has 130 valence electrons. The van der Waals surface area contributed by atoms with Gasteiger partial charge in [0.25, 0.3) is 5.91 Å². The number of hydrogen-bond donors (Lipinski definition) is 1. The van der Waals surface area contributed by atoms with Crippen LogP contribution in [0.25, 0.3) is 0 Å². The number of carbonyl (C=O) groups is 1. The van der Waals surface area contributed by atoms with Crippen molar-refractivity contribution in [2.45, 2.75) is 40.0 Å². The van der Waals surface area contributed by atoms with Crippen LogP contribution in [0.2, 0.25) is 0 Å². The Morgan fingerprint density at radius 2 is 1.79 bits per heavy atom. The molecule has 2 rings (SSSR count). The second-order valence-electron chi connectivity index (χ2n) is 6.31. The minimum Gasteiger partial charge on any atom is -0.490 e. The zero-order chi connectivity index (χ0) is 17.7. The number of aromatic nitrogens is 1. The number of benzene rings is 1. The molecule has 1 heterocycles. The van der Waals surface area contributed by atoms with Crippen LogP contribution < -0.4 is 14.8 Å². The molecular formula is C18H24N2O4. The molecule has 0 bridgehead atoms. The van der Waals surface area contributed by atoms with E-state index in [4.69, 9.17) is 14.0 Å². The van der Waals surface area contributed by atoms with Crippen molar-refractivity contribution >= 4 is 11.7 Å². The number of hydrogen-bond acceptors (Lipinski definition) is 5. The van der Waals surface area contributed by atoms with Gasteiger partial charge in [-0.3, -0.25) is 4.79 Å². The summed E-state index contributed by atoms with van der Waals surface area (Å²) in [5, 5.41) is 6.62. The summed E-state index contributed by atoms with van der Waals surface area (Å²) in [6.07, 6.45) is 0. The highest BCUT2D eigenvalue weighted by atomic mass is 16.5. The highest BCUT2D eigenvalue weighted by molar-refractivity contribution is 6.04. The summed E-state index contributed by atoms with van der Waals surface area (Å²) in [5.74, 6) is 1.97. The summed E-state index contributed by atoms with van der Waals surface area (Å²) in [5.41, 5.74) is 0.291. The summed E-state index contributed by atoms with van der Waals surface area (Å²) in [4.78, 5) is 12.4. The lowest BCUT2D eigenvalue weighted by molar-refractivity contribution is 0.102. The molecule has 0 saturated carbocycles. The summed E-state index contributed by atoms with van der Waals surface area (Å²) in [7, 11) is 0. The normalized spacial score (nSPS) is 11.2. The number of rotatable bonds is 6. The Kier molecular flexibility index (Phi) is 5.49. The second-order valence-corrected chi connectivity index (χ2v) is 6.31. The van der Waals surface area contributed by atoms with Crippen LogP contribution in [0, 0.1) is 0 Å². The van der Waals surface area contributed by atoms with Gasteiger partial charge in [-0.2, -0.15) is 0 Å². The van der Waals surface area contributed by atoms with Crippen molar-refractivity contribution < 1.29 is 18.8 Å². The van der Waals surface area contributed by atoms with Gasteiger partial charge in [0, 0.05) is 17.0 Å². The SMILES string of the molecule is CCOc1ccc(C(=O)Nc2cc(C(C)(C)C)on2)cc1OCC. The molecule has 1 aromatic carbocycles. The van der Waals surface area contributed by atoms with Crippen molar-refractivity contribution in [3.05, 3.63) is 35.6 Å². The van der Waals surface area contributed by atoms with Crippen molar-refractivity contribution in [2.75, 3.05) is 18.5 Å². The number of carbonyl (C=O) groups excluding carboxylic acids is 1. The Balaban J connectivity index is 2.17. The Hall–Kier alpha value is -2.50. The molecule has 0 aliphatic heterocycles. The lowest BCUT2D eigenvalue weighted by Crippen LogP contribution is -2.13. The van der Waals surface area contributed by atoms with Crippen molar-refractivity contribution in [2.24, 2.45) is 0 Å². The van der Waals surface area contributed by atoms with Crippen molar-refractivity contribution in [1.82, 2.24) is 5.16 Å². The number of nitrogens with zero attached hydrogens (tertiary/aromatic N) is 1. The molecule has 6 nitrogen and oxygen atoms in total. The first-order chi connectivity index (χ1) is 11.3. The molecular weight excluding hydrogens is 308 g/mol. The minimum atomic E-state index is -0.284. The van der Waals surface area contributed by atoms with E-state index in [2.05, 4.69) is 10.5 Å². The van der Waals surface area contributed by atoms with E-state index in [0.717, 1.165) is 0 Å². The molecule has 0 aliphatic carbocycles. The van der Waals surface area contributed by atoms with Crippen LogP contribution in [0.15, 0.2) is 28.8 Å². The topological polar surface area (TPSA) is 73.6 Å². The minimum absolute atomic E-state index is 0.169. The first-order valence-electron chi connectivity index (χ1n) is 8.03. The van der Waals surface area contributed by atoms with E-state index in [1.54, 1.807) is 24.3 Å². The number of nitrogens with one attached hydrogen (secondary N) is 1. The van der Waals surface area contributed by atoms with E-state index >= 15 is 0 Å². The molecule has 0 spiro atoms. The van der Waals surface area contributed by atoms with Gasteiger partial charge < -0.3 is 19.3 Å². The summed E-state index contributed by atoms with van der Waals surface area (Å²) in [6, 6.07) is 6.81. The van der Waals surface area contributed by atoms with Crippen LogP contribution in [0.5, 0.6) is 11.5 Å². The molecule has 0 saturated heterocycles. The molecule has 0 unspecified atom stereocenters. The van der Waals surface area contributed by atoms with Gasteiger partial charge in [-0.05, 0) is 32.0 Å². The predicted octanol–water partition coefficient (Wildman–Crippen LogP) is 4.02. The molecule has 24 heavy (non-hydrogen) atoms. The predicted molar refractivity (Wildman–Crippen MR) is 91.9 cm³/mol. The fourth-order valence-electron chi connectivity index (χ4n) is 2.07. The molecule has 2 aromatic rings. The van der Waals surface area contributed by atoms with Crippen LogP contribution in [-0.4, -0.2) is 24.3 Å². The fraction of sp³-hybridized carbons (Fsp3) is 0.444. The van der Waals surface area contributed by atoms with Gasteiger partial charge in [0.1, 0.15) is 5.76 Å². The Bertz CT molecular complexity index is 701. The lowest BCUT2D eigenvalue weighted by atomic mass is 9.93. The largest absolute Gasteiger partial charge is 0.490 e. The van der Waals surface area contributed by atoms with Gasteiger partial charge in [0.2, 0.25) is 0 Å². The maximum Gasteiger partial charge on any atom is 0.257 e. The van der Waals surface area contributed by atoms with Crippen LogP contribution in [0.3, 0.4) is 0 Å². The molecule has 0 aliphatic rings. The Labute approximate surface area is 142 Å². The van der Waals surface area contributed by atoms with E-state index < -0.39 is 0 Å². The highest BCUT2D eigenvalue weighted by Gasteiger charge is 2.21. The number of anilines is 1. The molecule has 6 heteroatoms. The number of ether oxygens (including phenoxy) is 2. The van der Waals surface area contributed by atoms with Gasteiger partial charge in [-0.1, -0.05) is 25.9 Å². The summed E-state index contributed by atoms with van der Waals surface area (Å²) < 4.78 is 16.3. The van der Waals surface area contributed by atoms with Gasteiger partial charge >= 0.3 is 0 Å². The smallest absolute Gasteiger partial charge is 0.257 e. The van der Waals surface area contributed by atoms with Crippen LogP contribution in [0.4, 0.5) is 5.82 Å². The highest BCUT2D eigenvalue weighted by Crippen LogP contribution is 2.29. The Morgan fingerprint density at radius 3 is 2.38 bits per heavy atom. The molecule has 1 N–H and O–H groups in total. The average molecular weight is 332 g/mol. The molecule has 0 fully saturated rings. The third-order valence-corrected chi connectivity index (χ3v) is 3.30. The van der Waals surface area contributed by atoms with Gasteiger partial charge in [-0.25, -0.2) is 0 Å². The standard InChI is InChI=1S/C18H24N2O4/c1-6-22-13-9-8-12(10-14(13)23-7-2)17(21)19-16-11-15(24-20-16)18(3,4)5/h8-11H,6-7H2,1-5H3,(H,19,20,21). The lowest BCUT2D eigenvalue weighted by Gasteiger charge is -2.12. The quantitative estimate of drug-likeness (QED) is 0.865. The monoisotopic (exact) mass is 332 g/mol. The first kappa shape index (κ1) is 17.8. The first-order valence-corrected chi connectivity index (χ1v) is 8.03. The third-order valence-electron chi connectivity index (χ3n) is 3.30. The molecule has 1 amide bonds. The Morgan fingerprint density at radius 1 is 1.12 bits per heavy atom. The van der Waals surface area contributed by atoms with Crippen molar-refractivity contribution in [1.29, 1.82) is 0 Å². The zero-order valence-electron chi connectivity index (χ0n) is 14.8. The molecule has 0 atom stereocenters. The van der Waals surface area contributed by atoms with E-state index in [9.17, 15) is 4.79 Å². The average Bonchev–Trinajstić information content (AvgIpc) is 2.98. The van der Waals surface area contributed by atoms with Gasteiger partial charge in [0.15, 0.2) is 17.3 Å². The van der Waals surface area contributed by atoms with Crippen LogP contribution in [0.1, 0.15) is 50.7 Å². The van der Waals surface area contributed by atoms with Crippen LogP contribution >= 0.6 is 0 Å².